The number of amides is 1. The van der Waals surface area contributed by atoms with Crippen LogP contribution in [0.5, 0.6) is 0 Å². The number of hydrogen-bond donors (Lipinski definition) is 0. The number of rotatable bonds is 4. The van der Waals surface area contributed by atoms with Crippen molar-refractivity contribution in [3.63, 3.8) is 0 Å². The molecule has 4 nitrogen and oxygen atoms in total. The lowest BCUT2D eigenvalue weighted by Crippen LogP contribution is -2.42. The van der Waals surface area contributed by atoms with E-state index in [1.54, 1.807) is 5.51 Å². The summed E-state index contributed by atoms with van der Waals surface area (Å²) in [4.78, 5) is 20.6. The van der Waals surface area contributed by atoms with Crippen molar-refractivity contribution in [3.8, 4) is 0 Å². The van der Waals surface area contributed by atoms with Crippen LogP contribution in [-0.4, -0.2) is 53.4 Å². The van der Waals surface area contributed by atoms with Crippen molar-refractivity contribution in [1.82, 2.24) is 14.8 Å². The molecular formula is C14H23N3OS. The molecule has 5 heteroatoms. The zero-order valence-corrected chi connectivity index (χ0v) is 12.8. The summed E-state index contributed by atoms with van der Waals surface area (Å²) in [7, 11) is 2.18. The van der Waals surface area contributed by atoms with Gasteiger partial charge in [-0.05, 0) is 39.7 Å². The quantitative estimate of drug-likeness (QED) is 0.850. The highest BCUT2D eigenvalue weighted by atomic mass is 32.1. The Hall–Kier alpha value is -0.940. The van der Waals surface area contributed by atoms with E-state index in [0.29, 0.717) is 17.7 Å². The zero-order chi connectivity index (χ0) is 13.8. The molecule has 0 spiro atoms. The first-order chi connectivity index (χ1) is 9.08. The lowest BCUT2D eigenvalue weighted by Gasteiger charge is -2.34. The first-order valence-electron chi connectivity index (χ1n) is 6.95. The Morgan fingerprint density at radius 1 is 1.53 bits per heavy atom. The molecule has 0 N–H and O–H groups in total. The largest absolute Gasteiger partial charge is 0.337 e. The third-order valence-electron chi connectivity index (χ3n) is 3.98. The lowest BCUT2D eigenvalue weighted by atomic mass is 9.95. The molecule has 1 amide bonds. The molecule has 1 fully saturated rings. The average Bonchev–Trinajstić information content (AvgIpc) is 2.92. The lowest BCUT2D eigenvalue weighted by molar-refractivity contribution is 0.0661. The van der Waals surface area contributed by atoms with Crippen LogP contribution in [0.3, 0.4) is 0 Å². The maximum absolute atomic E-state index is 12.2. The molecule has 0 bridgehead atoms. The normalized spacial score (nSPS) is 17.4. The summed E-state index contributed by atoms with van der Waals surface area (Å²) in [6, 6.07) is 0.592. The van der Waals surface area contributed by atoms with Crippen LogP contribution in [0, 0.1) is 5.92 Å². The van der Waals surface area contributed by atoms with Crippen LogP contribution in [0.25, 0.3) is 0 Å². The summed E-state index contributed by atoms with van der Waals surface area (Å²) >= 11 is 1.48. The number of carbonyl (C=O) groups excluding carboxylic acids is 1. The molecule has 0 radical (unpaired) electrons. The van der Waals surface area contributed by atoms with E-state index in [1.165, 1.54) is 11.3 Å². The molecule has 1 aliphatic rings. The Kier molecular flexibility index (Phi) is 4.93. The van der Waals surface area contributed by atoms with Crippen LogP contribution >= 0.6 is 11.3 Å². The Morgan fingerprint density at radius 2 is 2.21 bits per heavy atom. The molecule has 0 saturated carbocycles. The van der Waals surface area contributed by atoms with Crippen molar-refractivity contribution in [3.05, 3.63) is 16.6 Å². The standard InChI is InChI=1S/C14H23N3OS/c1-11(2)16(3)8-12-4-6-17(7-5-12)14(18)13-9-19-10-15-13/h9-12H,4-8H2,1-3H3. The van der Waals surface area contributed by atoms with Gasteiger partial charge in [0.05, 0.1) is 5.51 Å². The Bertz CT molecular complexity index is 397. The second-order valence-corrected chi connectivity index (χ2v) is 6.36. The molecule has 106 valence electrons. The first kappa shape index (κ1) is 14.5. The van der Waals surface area contributed by atoms with Gasteiger partial charge in [0, 0.05) is 31.1 Å². The molecule has 1 aromatic heterocycles. The van der Waals surface area contributed by atoms with E-state index in [0.717, 1.165) is 32.5 Å². The maximum Gasteiger partial charge on any atom is 0.273 e. The molecule has 0 unspecified atom stereocenters. The third-order valence-corrected chi connectivity index (χ3v) is 4.57. The summed E-state index contributed by atoms with van der Waals surface area (Å²) in [5.74, 6) is 0.809. The number of thiazole rings is 1. The Labute approximate surface area is 119 Å². The second-order valence-electron chi connectivity index (χ2n) is 5.64. The van der Waals surface area contributed by atoms with Gasteiger partial charge in [0.1, 0.15) is 5.69 Å². The van der Waals surface area contributed by atoms with E-state index in [-0.39, 0.29) is 5.91 Å². The predicted octanol–water partition coefficient (Wildman–Crippen LogP) is 2.34. The number of hydrogen-bond acceptors (Lipinski definition) is 4. The summed E-state index contributed by atoms with van der Waals surface area (Å²) in [5.41, 5.74) is 2.32. The van der Waals surface area contributed by atoms with Gasteiger partial charge < -0.3 is 9.80 Å². The van der Waals surface area contributed by atoms with Crippen molar-refractivity contribution in [2.24, 2.45) is 5.92 Å². The minimum atomic E-state index is 0.0944. The number of aromatic nitrogens is 1. The highest BCUT2D eigenvalue weighted by molar-refractivity contribution is 7.07. The highest BCUT2D eigenvalue weighted by Crippen LogP contribution is 2.20. The smallest absolute Gasteiger partial charge is 0.273 e. The highest BCUT2D eigenvalue weighted by Gasteiger charge is 2.25. The topological polar surface area (TPSA) is 36.4 Å². The Balaban J connectivity index is 1.81. The molecule has 0 aliphatic carbocycles. The number of piperidine rings is 1. The SMILES string of the molecule is CC(C)N(C)CC1CCN(C(=O)c2cscn2)CC1. The van der Waals surface area contributed by atoms with Gasteiger partial charge >= 0.3 is 0 Å². The molecule has 19 heavy (non-hydrogen) atoms. The van der Waals surface area contributed by atoms with Gasteiger partial charge in [-0.3, -0.25) is 4.79 Å². The van der Waals surface area contributed by atoms with Crippen LogP contribution in [0.1, 0.15) is 37.2 Å². The van der Waals surface area contributed by atoms with Gasteiger partial charge in [-0.2, -0.15) is 0 Å². The number of nitrogens with zero attached hydrogens (tertiary/aromatic N) is 3. The fourth-order valence-corrected chi connectivity index (χ4v) is 2.94. The van der Waals surface area contributed by atoms with Gasteiger partial charge in [0.25, 0.3) is 5.91 Å². The van der Waals surface area contributed by atoms with Gasteiger partial charge in [0.2, 0.25) is 0 Å². The molecule has 0 aromatic carbocycles. The average molecular weight is 281 g/mol. The zero-order valence-electron chi connectivity index (χ0n) is 12.0. The summed E-state index contributed by atoms with van der Waals surface area (Å²) in [6.07, 6.45) is 2.21. The van der Waals surface area contributed by atoms with E-state index >= 15 is 0 Å². The van der Waals surface area contributed by atoms with E-state index in [9.17, 15) is 4.79 Å². The molecule has 0 atom stereocenters. The van der Waals surface area contributed by atoms with Crippen LogP contribution in [0.15, 0.2) is 10.9 Å². The van der Waals surface area contributed by atoms with Gasteiger partial charge in [-0.15, -0.1) is 11.3 Å². The fourth-order valence-electron chi connectivity index (χ4n) is 2.42. The van der Waals surface area contributed by atoms with Crippen molar-refractivity contribution < 1.29 is 4.79 Å². The van der Waals surface area contributed by atoms with Crippen LogP contribution < -0.4 is 0 Å². The number of carbonyl (C=O) groups is 1. The predicted molar refractivity (Wildman–Crippen MR) is 78.5 cm³/mol. The van der Waals surface area contributed by atoms with Crippen LogP contribution in [0.2, 0.25) is 0 Å². The molecule has 1 aliphatic heterocycles. The molecule has 1 aromatic rings. The monoisotopic (exact) mass is 281 g/mol. The van der Waals surface area contributed by atoms with Crippen molar-refractivity contribution in [1.29, 1.82) is 0 Å². The van der Waals surface area contributed by atoms with Crippen molar-refractivity contribution >= 4 is 17.2 Å². The molecule has 2 heterocycles. The van der Waals surface area contributed by atoms with Crippen molar-refractivity contribution in [2.45, 2.75) is 32.7 Å². The summed E-state index contributed by atoms with van der Waals surface area (Å²) < 4.78 is 0. The van der Waals surface area contributed by atoms with E-state index in [4.69, 9.17) is 0 Å². The maximum atomic E-state index is 12.2. The summed E-state index contributed by atoms with van der Waals surface area (Å²) in [5, 5.41) is 1.83. The molecular weight excluding hydrogens is 258 g/mol. The van der Waals surface area contributed by atoms with Gasteiger partial charge in [0.15, 0.2) is 0 Å². The third kappa shape index (κ3) is 3.76. The van der Waals surface area contributed by atoms with E-state index in [2.05, 4.69) is 30.8 Å². The minimum Gasteiger partial charge on any atom is -0.337 e. The first-order valence-corrected chi connectivity index (χ1v) is 7.90. The van der Waals surface area contributed by atoms with Crippen molar-refractivity contribution in [2.75, 3.05) is 26.7 Å². The second kappa shape index (κ2) is 6.48. The van der Waals surface area contributed by atoms with Crippen LogP contribution in [0.4, 0.5) is 0 Å². The van der Waals surface area contributed by atoms with E-state index in [1.807, 2.05) is 10.3 Å². The van der Waals surface area contributed by atoms with Crippen LogP contribution in [-0.2, 0) is 0 Å². The van der Waals surface area contributed by atoms with E-state index < -0.39 is 0 Å². The Morgan fingerprint density at radius 3 is 2.74 bits per heavy atom. The fraction of sp³-hybridized carbons (Fsp3) is 0.714. The molecule has 1 saturated heterocycles. The summed E-state index contributed by atoms with van der Waals surface area (Å²) in [6.45, 7) is 7.32. The van der Waals surface area contributed by atoms with Gasteiger partial charge in [-0.1, -0.05) is 0 Å². The number of likely N-dealkylation sites (tertiary alicyclic amines) is 1. The van der Waals surface area contributed by atoms with Gasteiger partial charge in [-0.25, -0.2) is 4.98 Å². The minimum absolute atomic E-state index is 0.0944. The molecule has 2 rings (SSSR count).